The molecule has 19 heavy (non-hydrogen) atoms. The monoisotopic (exact) mass is 255 g/mol. The van der Waals surface area contributed by atoms with Gasteiger partial charge in [-0.2, -0.15) is 0 Å². The number of hydrogen-bond acceptors (Lipinski definition) is 3. The van der Waals surface area contributed by atoms with Crippen molar-refractivity contribution in [3.05, 3.63) is 59.4 Å². The number of pyridine rings is 1. The van der Waals surface area contributed by atoms with Crippen molar-refractivity contribution in [2.45, 2.75) is 26.9 Å². The van der Waals surface area contributed by atoms with Crippen molar-refractivity contribution in [1.29, 1.82) is 0 Å². The molecule has 0 spiro atoms. The second kappa shape index (κ2) is 5.65. The molecule has 1 aromatic heterocycles. The maximum atomic E-state index is 12.6. The van der Waals surface area contributed by atoms with Crippen LogP contribution in [0.4, 0.5) is 0 Å². The summed E-state index contributed by atoms with van der Waals surface area (Å²) < 4.78 is 5.69. The van der Waals surface area contributed by atoms with Crippen molar-refractivity contribution >= 4 is 5.78 Å². The Morgan fingerprint density at radius 2 is 1.89 bits per heavy atom. The van der Waals surface area contributed by atoms with Gasteiger partial charge in [-0.3, -0.25) is 9.78 Å². The lowest BCUT2D eigenvalue weighted by Gasteiger charge is -2.14. The zero-order chi connectivity index (χ0) is 13.8. The van der Waals surface area contributed by atoms with E-state index in [1.165, 1.54) is 0 Å². The minimum atomic E-state index is -0.0313. The van der Waals surface area contributed by atoms with E-state index in [0.29, 0.717) is 16.9 Å². The molecule has 0 aliphatic heterocycles. The highest BCUT2D eigenvalue weighted by Gasteiger charge is 2.16. The molecule has 0 amide bonds. The van der Waals surface area contributed by atoms with Gasteiger partial charge >= 0.3 is 0 Å². The SMILES string of the molecule is Cc1cnccc1C(=O)c1ccccc1OC(C)C. The van der Waals surface area contributed by atoms with Crippen molar-refractivity contribution in [2.24, 2.45) is 0 Å². The van der Waals surface area contributed by atoms with Gasteiger partial charge in [0.25, 0.3) is 0 Å². The third-order valence-electron chi connectivity index (χ3n) is 2.76. The van der Waals surface area contributed by atoms with Gasteiger partial charge in [0, 0.05) is 18.0 Å². The molecule has 0 radical (unpaired) electrons. The zero-order valence-corrected chi connectivity index (χ0v) is 11.4. The first-order valence-corrected chi connectivity index (χ1v) is 6.30. The number of aromatic nitrogens is 1. The molecule has 0 bridgehead atoms. The predicted molar refractivity (Wildman–Crippen MR) is 74.6 cm³/mol. The van der Waals surface area contributed by atoms with Gasteiger partial charge in [0.2, 0.25) is 0 Å². The minimum Gasteiger partial charge on any atom is -0.490 e. The highest BCUT2D eigenvalue weighted by molar-refractivity contribution is 6.11. The number of carbonyl (C=O) groups is 1. The van der Waals surface area contributed by atoms with E-state index in [1.807, 2.05) is 39.0 Å². The summed E-state index contributed by atoms with van der Waals surface area (Å²) in [4.78, 5) is 16.6. The van der Waals surface area contributed by atoms with Gasteiger partial charge in [0.1, 0.15) is 5.75 Å². The van der Waals surface area contributed by atoms with Crippen LogP contribution in [0.2, 0.25) is 0 Å². The van der Waals surface area contributed by atoms with Gasteiger partial charge in [-0.05, 0) is 44.5 Å². The summed E-state index contributed by atoms with van der Waals surface area (Å²) in [6.07, 6.45) is 3.36. The molecule has 0 aliphatic carbocycles. The van der Waals surface area contributed by atoms with Crippen LogP contribution in [0.3, 0.4) is 0 Å². The Morgan fingerprint density at radius 1 is 1.16 bits per heavy atom. The number of aryl methyl sites for hydroxylation is 1. The quantitative estimate of drug-likeness (QED) is 0.786. The normalized spacial score (nSPS) is 10.5. The third-order valence-corrected chi connectivity index (χ3v) is 2.76. The molecule has 3 nitrogen and oxygen atoms in total. The molecule has 98 valence electrons. The van der Waals surface area contributed by atoms with Crippen LogP contribution >= 0.6 is 0 Å². The maximum Gasteiger partial charge on any atom is 0.197 e. The number of ether oxygens (including phenoxy) is 1. The van der Waals surface area contributed by atoms with E-state index < -0.39 is 0 Å². The highest BCUT2D eigenvalue weighted by atomic mass is 16.5. The topological polar surface area (TPSA) is 39.2 Å². The van der Waals surface area contributed by atoms with E-state index in [4.69, 9.17) is 4.74 Å². The molecule has 1 aromatic carbocycles. The van der Waals surface area contributed by atoms with Crippen molar-refractivity contribution in [3.8, 4) is 5.75 Å². The summed E-state index contributed by atoms with van der Waals surface area (Å²) in [5, 5.41) is 0. The van der Waals surface area contributed by atoms with Gasteiger partial charge in [-0.15, -0.1) is 0 Å². The van der Waals surface area contributed by atoms with E-state index in [-0.39, 0.29) is 11.9 Å². The number of hydrogen-bond donors (Lipinski definition) is 0. The van der Waals surface area contributed by atoms with E-state index in [9.17, 15) is 4.79 Å². The number of para-hydroxylation sites is 1. The molecule has 1 heterocycles. The molecule has 2 aromatic rings. The first-order valence-electron chi connectivity index (χ1n) is 6.30. The molecule has 0 N–H and O–H groups in total. The van der Waals surface area contributed by atoms with Gasteiger partial charge in [-0.25, -0.2) is 0 Å². The van der Waals surface area contributed by atoms with E-state index in [1.54, 1.807) is 24.5 Å². The van der Waals surface area contributed by atoms with Crippen molar-refractivity contribution in [1.82, 2.24) is 4.98 Å². The Morgan fingerprint density at radius 3 is 2.58 bits per heavy atom. The van der Waals surface area contributed by atoms with Gasteiger partial charge < -0.3 is 4.74 Å². The van der Waals surface area contributed by atoms with Crippen LogP contribution in [-0.2, 0) is 0 Å². The lowest BCUT2D eigenvalue weighted by molar-refractivity contribution is 0.103. The molecule has 0 fully saturated rings. The van der Waals surface area contributed by atoms with E-state index in [2.05, 4.69) is 4.98 Å². The van der Waals surface area contributed by atoms with Crippen LogP contribution in [0, 0.1) is 6.92 Å². The predicted octanol–water partition coefficient (Wildman–Crippen LogP) is 3.41. The van der Waals surface area contributed by atoms with Crippen LogP contribution < -0.4 is 4.74 Å². The second-order valence-corrected chi connectivity index (χ2v) is 4.68. The summed E-state index contributed by atoms with van der Waals surface area (Å²) in [5.74, 6) is 0.592. The summed E-state index contributed by atoms with van der Waals surface area (Å²) in [6, 6.07) is 9.07. The van der Waals surface area contributed by atoms with E-state index >= 15 is 0 Å². The smallest absolute Gasteiger partial charge is 0.197 e. The summed E-state index contributed by atoms with van der Waals surface area (Å²) >= 11 is 0. The van der Waals surface area contributed by atoms with Gasteiger partial charge in [0.15, 0.2) is 5.78 Å². The molecule has 0 aliphatic rings. The molecule has 3 heteroatoms. The molecular formula is C16H17NO2. The molecule has 0 saturated heterocycles. The van der Waals surface area contributed by atoms with Crippen LogP contribution in [0.25, 0.3) is 0 Å². The first-order chi connectivity index (χ1) is 9.09. The fourth-order valence-electron chi connectivity index (χ4n) is 1.88. The Bertz CT molecular complexity index is 591. The maximum absolute atomic E-state index is 12.6. The van der Waals surface area contributed by atoms with Crippen LogP contribution in [-0.4, -0.2) is 16.9 Å². The van der Waals surface area contributed by atoms with E-state index in [0.717, 1.165) is 5.56 Å². The van der Waals surface area contributed by atoms with Gasteiger partial charge in [-0.1, -0.05) is 12.1 Å². The summed E-state index contributed by atoms with van der Waals surface area (Å²) in [7, 11) is 0. The molecule has 0 atom stereocenters. The van der Waals surface area contributed by atoms with Crippen molar-refractivity contribution in [3.63, 3.8) is 0 Å². The average molecular weight is 255 g/mol. The second-order valence-electron chi connectivity index (χ2n) is 4.68. The number of nitrogens with zero attached hydrogens (tertiary/aromatic N) is 1. The third kappa shape index (κ3) is 2.99. The Balaban J connectivity index is 2.42. The number of benzene rings is 1. The highest BCUT2D eigenvalue weighted by Crippen LogP contribution is 2.23. The van der Waals surface area contributed by atoms with Crippen LogP contribution in [0.5, 0.6) is 5.75 Å². The Labute approximate surface area is 113 Å². The Kier molecular flexibility index (Phi) is 3.95. The van der Waals surface area contributed by atoms with Crippen LogP contribution in [0.15, 0.2) is 42.7 Å². The van der Waals surface area contributed by atoms with Gasteiger partial charge in [0.05, 0.1) is 11.7 Å². The standard InChI is InChI=1S/C16H17NO2/c1-11(2)19-15-7-5-4-6-14(15)16(18)13-8-9-17-10-12(13)3/h4-11H,1-3H3. The largest absolute Gasteiger partial charge is 0.490 e. The molecular weight excluding hydrogens is 238 g/mol. The minimum absolute atomic E-state index is 0.0313. The number of carbonyl (C=O) groups excluding carboxylic acids is 1. The molecule has 2 rings (SSSR count). The Hall–Kier alpha value is -2.16. The number of rotatable bonds is 4. The van der Waals surface area contributed by atoms with Crippen LogP contribution in [0.1, 0.15) is 35.3 Å². The molecule has 0 saturated carbocycles. The lowest BCUT2D eigenvalue weighted by Crippen LogP contribution is -2.11. The van der Waals surface area contributed by atoms with Crippen molar-refractivity contribution < 1.29 is 9.53 Å². The molecule has 0 unspecified atom stereocenters. The summed E-state index contributed by atoms with van der Waals surface area (Å²) in [6.45, 7) is 5.77. The average Bonchev–Trinajstić information content (AvgIpc) is 2.38. The fourth-order valence-corrected chi connectivity index (χ4v) is 1.88. The lowest BCUT2D eigenvalue weighted by atomic mass is 10.00. The first kappa shape index (κ1) is 13.3. The number of ketones is 1. The van der Waals surface area contributed by atoms with Crippen molar-refractivity contribution in [2.75, 3.05) is 0 Å². The zero-order valence-electron chi connectivity index (χ0n) is 11.4. The summed E-state index contributed by atoms with van der Waals surface area (Å²) in [5.41, 5.74) is 2.12. The fraction of sp³-hybridized carbons (Fsp3) is 0.250.